The van der Waals surface area contributed by atoms with Gasteiger partial charge in [0.15, 0.2) is 5.75 Å². The zero-order valence-electron chi connectivity index (χ0n) is 15.7. The number of hydrogen-bond acceptors (Lipinski definition) is 8. The van der Waals surface area contributed by atoms with Crippen molar-refractivity contribution in [2.75, 3.05) is 13.1 Å². The number of amides is 1. The van der Waals surface area contributed by atoms with Gasteiger partial charge in [0.05, 0.1) is 11.5 Å². The molecule has 1 fully saturated rings. The van der Waals surface area contributed by atoms with Gasteiger partial charge in [-0.15, -0.1) is 0 Å². The molecule has 1 aromatic rings. The van der Waals surface area contributed by atoms with Crippen LogP contribution >= 0.6 is 0 Å². The summed E-state index contributed by atoms with van der Waals surface area (Å²) in [6.45, 7) is 2.06. The van der Waals surface area contributed by atoms with Crippen molar-refractivity contribution >= 4 is 30.2 Å². The number of aliphatic imine (C=N–C) groups is 1. The Kier molecular flexibility index (Phi) is 6.67. The summed E-state index contributed by atoms with van der Waals surface area (Å²) in [7, 11) is 0. The Morgan fingerprint density at radius 3 is 2.62 bits per heavy atom. The average molecular weight is 400 g/mol. The third-order valence-corrected chi connectivity index (χ3v) is 4.71. The van der Waals surface area contributed by atoms with Crippen LogP contribution in [-0.2, 0) is 9.59 Å². The zero-order chi connectivity index (χ0) is 21.6. The van der Waals surface area contributed by atoms with E-state index in [1.807, 2.05) is 0 Å². The Hall–Kier alpha value is -3.74. The number of benzene rings is 1. The molecular formula is C19H20N4O6. The van der Waals surface area contributed by atoms with Crippen LogP contribution in [0.4, 0.5) is 5.69 Å². The standard InChI is InChI=1S/C19H20N4O6/c1-2-22(7-6-21-19(12-24)4-3-5-19)18(27)14(11-20)8-13-9-15(23(28)29)17(26)16(25)10-13/h6,8-10,12,25-26H,2-5,7H2,1H3/b14-8+,21-6?. The maximum absolute atomic E-state index is 12.6. The Bertz CT molecular complexity index is 927. The predicted molar refractivity (Wildman–Crippen MR) is 103 cm³/mol. The van der Waals surface area contributed by atoms with Gasteiger partial charge in [-0.3, -0.25) is 19.9 Å². The van der Waals surface area contributed by atoms with E-state index in [4.69, 9.17) is 0 Å². The van der Waals surface area contributed by atoms with Gasteiger partial charge < -0.3 is 19.9 Å². The molecule has 0 unspecified atom stereocenters. The molecule has 2 N–H and O–H groups in total. The third kappa shape index (κ3) is 4.76. The monoisotopic (exact) mass is 400 g/mol. The highest BCUT2D eigenvalue weighted by atomic mass is 16.6. The molecule has 0 heterocycles. The summed E-state index contributed by atoms with van der Waals surface area (Å²) in [4.78, 5) is 39.4. The fraction of sp³-hybridized carbons (Fsp3) is 0.368. The molecule has 0 atom stereocenters. The number of likely N-dealkylation sites (N-methyl/N-ethyl adjacent to an activating group) is 1. The number of carbonyl (C=O) groups is 2. The minimum absolute atomic E-state index is 0.0102. The highest BCUT2D eigenvalue weighted by molar-refractivity contribution is 6.02. The van der Waals surface area contributed by atoms with E-state index in [9.17, 15) is 35.2 Å². The fourth-order valence-electron chi connectivity index (χ4n) is 2.82. The first-order valence-corrected chi connectivity index (χ1v) is 8.88. The number of phenolic OH excluding ortho intramolecular Hbond substituents is 2. The van der Waals surface area contributed by atoms with Crippen LogP contribution in [-0.4, -0.2) is 57.1 Å². The van der Waals surface area contributed by atoms with Crippen molar-refractivity contribution < 1.29 is 24.7 Å². The summed E-state index contributed by atoms with van der Waals surface area (Å²) in [5, 5.41) is 39.5. The number of aldehydes is 1. The number of nitro groups is 1. The molecule has 1 saturated carbocycles. The molecule has 1 amide bonds. The lowest BCUT2D eigenvalue weighted by Crippen LogP contribution is -2.38. The topological polar surface area (TPSA) is 157 Å². The summed E-state index contributed by atoms with van der Waals surface area (Å²) < 4.78 is 0. The van der Waals surface area contributed by atoms with Gasteiger partial charge in [-0.2, -0.15) is 5.26 Å². The molecule has 0 radical (unpaired) electrons. The molecule has 0 saturated heterocycles. The Labute approximate surface area is 166 Å². The number of nitro benzene ring substituents is 1. The Morgan fingerprint density at radius 1 is 1.45 bits per heavy atom. The molecule has 1 aliphatic rings. The van der Waals surface area contributed by atoms with Gasteiger partial charge in [-0.25, -0.2) is 0 Å². The van der Waals surface area contributed by atoms with Gasteiger partial charge in [-0.1, -0.05) is 0 Å². The molecule has 10 heteroatoms. The predicted octanol–water partition coefficient (Wildman–Crippen LogP) is 1.95. The van der Waals surface area contributed by atoms with Crippen LogP contribution in [0.5, 0.6) is 11.5 Å². The van der Waals surface area contributed by atoms with Gasteiger partial charge in [0.2, 0.25) is 5.75 Å². The zero-order valence-corrected chi connectivity index (χ0v) is 15.7. The van der Waals surface area contributed by atoms with Crippen LogP contribution in [0.1, 0.15) is 31.7 Å². The molecule has 10 nitrogen and oxygen atoms in total. The SMILES string of the molecule is CCN(CC=NC1(C=O)CCC1)C(=O)/C(C#N)=C/c1cc(O)c(O)c([N+](=O)[O-])c1. The number of nitriles is 1. The first-order valence-electron chi connectivity index (χ1n) is 8.88. The molecule has 0 aromatic heterocycles. The molecule has 0 aliphatic heterocycles. The van der Waals surface area contributed by atoms with E-state index < -0.39 is 33.6 Å². The van der Waals surface area contributed by atoms with Crippen LogP contribution in [0.25, 0.3) is 6.08 Å². The minimum Gasteiger partial charge on any atom is -0.504 e. The van der Waals surface area contributed by atoms with Crippen molar-refractivity contribution in [2.24, 2.45) is 4.99 Å². The average Bonchev–Trinajstić information content (AvgIpc) is 2.67. The van der Waals surface area contributed by atoms with Crippen LogP contribution < -0.4 is 0 Å². The van der Waals surface area contributed by atoms with Crippen LogP contribution in [0.2, 0.25) is 0 Å². The minimum atomic E-state index is -0.900. The maximum atomic E-state index is 12.6. The molecule has 1 aliphatic carbocycles. The number of nitrogens with zero attached hydrogens (tertiary/aromatic N) is 4. The van der Waals surface area contributed by atoms with E-state index in [0.717, 1.165) is 30.9 Å². The van der Waals surface area contributed by atoms with Crippen LogP contribution in [0, 0.1) is 21.4 Å². The molecule has 2 rings (SSSR count). The molecule has 152 valence electrons. The molecular weight excluding hydrogens is 380 g/mol. The fourth-order valence-corrected chi connectivity index (χ4v) is 2.82. The van der Waals surface area contributed by atoms with Crippen molar-refractivity contribution in [3.8, 4) is 17.6 Å². The first-order chi connectivity index (χ1) is 13.8. The second-order valence-corrected chi connectivity index (χ2v) is 6.57. The van der Waals surface area contributed by atoms with E-state index in [1.54, 1.807) is 13.0 Å². The number of hydrogen-bond donors (Lipinski definition) is 2. The van der Waals surface area contributed by atoms with Crippen molar-refractivity contribution in [3.05, 3.63) is 33.4 Å². The van der Waals surface area contributed by atoms with E-state index in [-0.39, 0.29) is 24.2 Å². The molecule has 0 bridgehead atoms. The van der Waals surface area contributed by atoms with Gasteiger partial charge in [0.1, 0.15) is 23.5 Å². The number of rotatable bonds is 8. The first kappa shape index (κ1) is 21.6. The second kappa shape index (κ2) is 8.97. The summed E-state index contributed by atoms with van der Waals surface area (Å²) in [5.74, 6) is -2.27. The van der Waals surface area contributed by atoms with E-state index in [0.29, 0.717) is 12.8 Å². The van der Waals surface area contributed by atoms with Gasteiger partial charge in [-0.05, 0) is 43.9 Å². The van der Waals surface area contributed by atoms with E-state index in [1.165, 1.54) is 11.1 Å². The van der Waals surface area contributed by atoms with Crippen molar-refractivity contribution in [1.29, 1.82) is 5.26 Å². The molecule has 1 aromatic carbocycles. The number of carbonyl (C=O) groups excluding carboxylic acids is 2. The third-order valence-electron chi connectivity index (χ3n) is 4.71. The lowest BCUT2D eigenvalue weighted by Gasteiger charge is -2.32. The van der Waals surface area contributed by atoms with Crippen molar-refractivity contribution in [3.63, 3.8) is 0 Å². The lowest BCUT2D eigenvalue weighted by atomic mass is 9.79. The Morgan fingerprint density at radius 2 is 2.14 bits per heavy atom. The number of phenols is 2. The Balaban J connectivity index is 2.24. The summed E-state index contributed by atoms with van der Waals surface area (Å²) in [6.07, 6.45) is 5.61. The van der Waals surface area contributed by atoms with E-state index >= 15 is 0 Å². The summed E-state index contributed by atoms with van der Waals surface area (Å²) >= 11 is 0. The van der Waals surface area contributed by atoms with Crippen LogP contribution in [0.3, 0.4) is 0 Å². The summed E-state index contributed by atoms with van der Waals surface area (Å²) in [6, 6.07) is 3.70. The van der Waals surface area contributed by atoms with Gasteiger partial charge >= 0.3 is 5.69 Å². The largest absolute Gasteiger partial charge is 0.504 e. The smallest absolute Gasteiger partial charge is 0.315 e. The highest BCUT2D eigenvalue weighted by Gasteiger charge is 2.35. The van der Waals surface area contributed by atoms with Gasteiger partial charge in [0.25, 0.3) is 5.91 Å². The van der Waals surface area contributed by atoms with Crippen LogP contribution in [0.15, 0.2) is 22.7 Å². The van der Waals surface area contributed by atoms with Crippen molar-refractivity contribution in [2.45, 2.75) is 31.7 Å². The highest BCUT2D eigenvalue weighted by Crippen LogP contribution is 2.36. The van der Waals surface area contributed by atoms with Crippen molar-refractivity contribution in [1.82, 2.24) is 4.90 Å². The maximum Gasteiger partial charge on any atom is 0.315 e. The van der Waals surface area contributed by atoms with Gasteiger partial charge in [0, 0.05) is 18.8 Å². The summed E-state index contributed by atoms with van der Waals surface area (Å²) in [5.41, 5.74) is -1.76. The quantitative estimate of drug-likeness (QED) is 0.128. The van der Waals surface area contributed by atoms with E-state index in [2.05, 4.69) is 4.99 Å². The lowest BCUT2D eigenvalue weighted by molar-refractivity contribution is -0.386. The molecule has 0 spiro atoms. The second-order valence-electron chi connectivity index (χ2n) is 6.57. The number of aromatic hydroxyl groups is 2. The normalized spacial score (nSPS) is 15.4. The molecule has 29 heavy (non-hydrogen) atoms.